The Morgan fingerprint density at radius 1 is 1.32 bits per heavy atom. The number of ether oxygens (including phenoxy) is 2. The van der Waals surface area contributed by atoms with Gasteiger partial charge in [0.1, 0.15) is 10.8 Å². The van der Waals surface area contributed by atoms with Crippen LogP contribution in [0.15, 0.2) is 41.0 Å². The lowest BCUT2D eigenvalue weighted by atomic mass is 10.3. The molecule has 0 spiro atoms. The summed E-state index contributed by atoms with van der Waals surface area (Å²) in [5.41, 5.74) is 0.509. The van der Waals surface area contributed by atoms with Gasteiger partial charge in [-0.1, -0.05) is 11.6 Å². The first kappa shape index (κ1) is 20.4. The number of esters is 1. The van der Waals surface area contributed by atoms with Crippen molar-refractivity contribution in [1.29, 1.82) is 0 Å². The lowest BCUT2D eigenvalue weighted by Gasteiger charge is -2.08. The number of thiophene rings is 1. The van der Waals surface area contributed by atoms with E-state index < -0.39 is 11.9 Å². The summed E-state index contributed by atoms with van der Waals surface area (Å²) in [5.74, 6) is -0.340. The number of benzene rings is 1. The lowest BCUT2D eigenvalue weighted by Crippen LogP contribution is -2.15. The summed E-state index contributed by atoms with van der Waals surface area (Å²) >= 11 is 10.6. The van der Waals surface area contributed by atoms with Gasteiger partial charge in [0.25, 0.3) is 5.91 Å². The Morgan fingerprint density at radius 3 is 2.82 bits per heavy atom. The Hall–Kier alpha value is -2.36. The number of anilines is 1. The van der Waals surface area contributed by atoms with Crippen molar-refractivity contribution in [2.45, 2.75) is 13.7 Å². The van der Waals surface area contributed by atoms with Gasteiger partial charge in [-0.3, -0.25) is 4.79 Å². The first-order valence-corrected chi connectivity index (χ1v) is 9.97. The Balaban J connectivity index is 1.67. The van der Waals surface area contributed by atoms with Crippen LogP contribution < -0.4 is 10.1 Å². The highest BCUT2D eigenvalue weighted by Gasteiger charge is 2.19. The van der Waals surface area contributed by atoms with Crippen molar-refractivity contribution in [2.75, 3.05) is 12.4 Å². The average Bonchev–Trinajstić information content (AvgIpc) is 3.27. The van der Waals surface area contributed by atoms with Gasteiger partial charge < -0.3 is 14.8 Å². The second-order valence-electron chi connectivity index (χ2n) is 5.63. The maximum absolute atomic E-state index is 12.5. The number of amides is 1. The first-order chi connectivity index (χ1) is 13.4. The molecule has 1 N–H and O–H groups in total. The molecule has 0 aliphatic rings. The van der Waals surface area contributed by atoms with Crippen LogP contribution in [0, 0.1) is 6.92 Å². The monoisotopic (exact) mass is 483 g/mol. The summed E-state index contributed by atoms with van der Waals surface area (Å²) < 4.78 is 12.6. The molecule has 1 amide bonds. The van der Waals surface area contributed by atoms with E-state index >= 15 is 0 Å². The van der Waals surface area contributed by atoms with Crippen LogP contribution in [0.25, 0.3) is 0 Å². The molecule has 146 valence electrons. The Bertz CT molecular complexity index is 1030. The van der Waals surface area contributed by atoms with Crippen LogP contribution in [-0.2, 0) is 11.5 Å². The largest absolute Gasteiger partial charge is 0.470 e. The smallest absolute Gasteiger partial charge is 0.340 e. The van der Waals surface area contributed by atoms with Crippen molar-refractivity contribution in [2.24, 2.45) is 0 Å². The van der Waals surface area contributed by atoms with E-state index in [2.05, 4.69) is 26.3 Å². The molecule has 1 aromatic carbocycles. The fourth-order valence-electron chi connectivity index (χ4n) is 2.32. The van der Waals surface area contributed by atoms with Crippen LogP contribution in [0.5, 0.6) is 5.75 Å². The Kier molecular flexibility index (Phi) is 6.38. The van der Waals surface area contributed by atoms with Gasteiger partial charge >= 0.3 is 5.97 Å². The van der Waals surface area contributed by atoms with Crippen LogP contribution in [0.4, 0.5) is 5.00 Å². The summed E-state index contributed by atoms with van der Waals surface area (Å²) in [6.07, 6.45) is 1.62. The SMILES string of the molecule is COC(=O)c1cc(C)sc1NC(=O)c1ccn(COc2ccc(Cl)cc2Br)n1. The van der Waals surface area contributed by atoms with Crippen molar-refractivity contribution < 1.29 is 19.1 Å². The van der Waals surface area contributed by atoms with Crippen LogP contribution in [0.1, 0.15) is 25.7 Å². The molecular weight excluding hydrogens is 470 g/mol. The molecule has 7 nitrogen and oxygen atoms in total. The number of aromatic nitrogens is 2. The standard InChI is InChI=1S/C18H15BrClN3O4S/c1-10-7-12(18(25)26-2)17(28-10)21-16(24)14-5-6-23(22-14)9-27-15-4-3-11(20)8-13(15)19/h3-8H,9H2,1-2H3,(H,21,24). The first-order valence-electron chi connectivity index (χ1n) is 7.99. The number of methoxy groups -OCH3 is 1. The highest BCUT2D eigenvalue weighted by atomic mass is 79.9. The number of nitrogens with one attached hydrogen (secondary N) is 1. The van der Waals surface area contributed by atoms with E-state index in [1.807, 2.05) is 6.92 Å². The molecule has 0 fully saturated rings. The Morgan fingerprint density at radius 2 is 2.11 bits per heavy atom. The minimum absolute atomic E-state index is 0.110. The quantitative estimate of drug-likeness (QED) is 0.511. The normalized spacial score (nSPS) is 10.6. The fourth-order valence-corrected chi connectivity index (χ4v) is 4.01. The van der Waals surface area contributed by atoms with Crippen LogP contribution in [-0.4, -0.2) is 28.8 Å². The van der Waals surface area contributed by atoms with Gasteiger partial charge in [-0.05, 0) is 53.2 Å². The molecule has 10 heteroatoms. The van der Waals surface area contributed by atoms with E-state index in [0.29, 0.717) is 25.8 Å². The zero-order chi connectivity index (χ0) is 20.3. The summed E-state index contributed by atoms with van der Waals surface area (Å²) in [6.45, 7) is 1.95. The number of hydrogen-bond acceptors (Lipinski definition) is 6. The van der Waals surface area contributed by atoms with Crippen LogP contribution >= 0.6 is 38.9 Å². The fraction of sp³-hybridized carbons (Fsp3) is 0.167. The van der Waals surface area contributed by atoms with Crippen LogP contribution in [0.2, 0.25) is 5.02 Å². The van der Waals surface area contributed by atoms with E-state index in [9.17, 15) is 9.59 Å². The molecule has 0 bridgehead atoms. The third-order valence-corrected chi connectivity index (χ3v) is 5.43. The third kappa shape index (κ3) is 4.73. The van der Waals surface area contributed by atoms with Gasteiger partial charge in [-0.25, -0.2) is 9.48 Å². The molecule has 0 unspecified atom stereocenters. The van der Waals surface area contributed by atoms with Gasteiger partial charge in [0.2, 0.25) is 0 Å². The maximum atomic E-state index is 12.5. The molecule has 3 aromatic rings. The van der Waals surface area contributed by atoms with Gasteiger partial charge in [0.05, 0.1) is 17.1 Å². The van der Waals surface area contributed by atoms with E-state index in [1.165, 1.54) is 23.1 Å². The number of halogens is 2. The molecule has 0 saturated heterocycles. The van der Waals surface area contributed by atoms with Gasteiger partial charge in [0.15, 0.2) is 12.4 Å². The molecule has 0 aliphatic carbocycles. The maximum Gasteiger partial charge on any atom is 0.340 e. The molecule has 2 heterocycles. The lowest BCUT2D eigenvalue weighted by molar-refractivity contribution is 0.0602. The molecular formula is C18H15BrClN3O4S. The highest BCUT2D eigenvalue weighted by molar-refractivity contribution is 9.10. The number of nitrogens with zero attached hydrogens (tertiary/aromatic N) is 2. The summed E-state index contributed by atoms with van der Waals surface area (Å²) in [6, 6.07) is 8.40. The van der Waals surface area contributed by atoms with E-state index in [1.54, 1.807) is 36.5 Å². The second-order valence-corrected chi connectivity index (χ2v) is 8.18. The van der Waals surface area contributed by atoms with E-state index in [4.69, 9.17) is 21.1 Å². The van der Waals surface area contributed by atoms with E-state index in [-0.39, 0.29) is 12.4 Å². The summed E-state index contributed by atoms with van der Waals surface area (Å²) in [4.78, 5) is 25.2. The van der Waals surface area contributed by atoms with Crippen molar-refractivity contribution in [3.63, 3.8) is 0 Å². The van der Waals surface area contributed by atoms with Crippen molar-refractivity contribution in [3.8, 4) is 5.75 Å². The second kappa shape index (κ2) is 8.76. The summed E-state index contributed by atoms with van der Waals surface area (Å²) in [5, 5.41) is 7.91. The minimum atomic E-state index is -0.507. The number of rotatable bonds is 6. The number of carbonyl (C=O) groups excluding carboxylic acids is 2. The molecule has 3 rings (SSSR count). The van der Waals surface area contributed by atoms with Gasteiger partial charge in [-0.2, -0.15) is 5.10 Å². The van der Waals surface area contributed by atoms with Gasteiger partial charge in [-0.15, -0.1) is 11.3 Å². The zero-order valence-corrected chi connectivity index (χ0v) is 18.0. The van der Waals surface area contributed by atoms with Crippen LogP contribution in [0.3, 0.4) is 0 Å². The average molecular weight is 485 g/mol. The molecule has 0 atom stereocenters. The predicted octanol–water partition coefficient (Wildman–Crippen LogP) is 4.74. The minimum Gasteiger partial charge on any atom is -0.470 e. The molecule has 0 radical (unpaired) electrons. The number of carbonyl (C=O) groups is 2. The molecule has 28 heavy (non-hydrogen) atoms. The third-order valence-electron chi connectivity index (χ3n) is 3.61. The zero-order valence-electron chi connectivity index (χ0n) is 14.9. The number of hydrogen-bond donors (Lipinski definition) is 1. The topological polar surface area (TPSA) is 82.5 Å². The van der Waals surface area contributed by atoms with Crippen molar-refractivity contribution in [1.82, 2.24) is 9.78 Å². The molecule has 2 aromatic heterocycles. The van der Waals surface area contributed by atoms with Crippen molar-refractivity contribution >= 4 is 55.7 Å². The molecule has 0 aliphatic heterocycles. The number of aryl methyl sites for hydroxylation is 1. The van der Waals surface area contributed by atoms with Crippen molar-refractivity contribution in [3.05, 3.63) is 62.2 Å². The van der Waals surface area contributed by atoms with E-state index in [0.717, 1.165) is 4.88 Å². The predicted molar refractivity (Wildman–Crippen MR) is 110 cm³/mol. The van der Waals surface area contributed by atoms with Gasteiger partial charge in [0, 0.05) is 16.1 Å². The Labute approximate surface area is 178 Å². The summed E-state index contributed by atoms with van der Waals surface area (Å²) in [7, 11) is 1.29. The highest BCUT2D eigenvalue weighted by Crippen LogP contribution is 2.29. The molecule has 0 saturated carbocycles.